The Morgan fingerprint density at radius 1 is 1.41 bits per heavy atom. The van der Waals surface area contributed by atoms with Crippen LogP contribution in [-0.2, 0) is 9.53 Å². The van der Waals surface area contributed by atoms with Crippen LogP contribution in [0.1, 0.15) is 45.4 Å². The molecule has 0 aromatic heterocycles. The molecule has 1 amide bonds. The van der Waals surface area contributed by atoms with Crippen LogP contribution in [0.2, 0.25) is 0 Å². The van der Waals surface area contributed by atoms with E-state index in [1.165, 1.54) is 12.8 Å². The average molecular weight is 240 g/mol. The van der Waals surface area contributed by atoms with E-state index < -0.39 is 0 Å². The lowest BCUT2D eigenvalue weighted by atomic mass is 9.94. The van der Waals surface area contributed by atoms with Crippen molar-refractivity contribution in [2.45, 2.75) is 57.1 Å². The summed E-state index contributed by atoms with van der Waals surface area (Å²) in [5.41, 5.74) is 6.03. The number of carbonyl (C=O) groups excluding carboxylic acids is 1. The molecule has 2 N–H and O–H groups in total. The second kappa shape index (κ2) is 5.36. The lowest BCUT2D eigenvalue weighted by Gasteiger charge is -2.28. The molecular formula is C13H24N2O2. The van der Waals surface area contributed by atoms with Crippen LogP contribution in [0.4, 0.5) is 0 Å². The van der Waals surface area contributed by atoms with Gasteiger partial charge in [-0.05, 0) is 26.2 Å². The van der Waals surface area contributed by atoms with Crippen LogP contribution in [0.15, 0.2) is 0 Å². The lowest BCUT2D eigenvalue weighted by molar-refractivity contribution is -0.133. The molecule has 1 saturated heterocycles. The van der Waals surface area contributed by atoms with Crippen molar-refractivity contribution >= 4 is 5.91 Å². The van der Waals surface area contributed by atoms with Crippen molar-refractivity contribution in [1.82, 2.24) is 4.90 Å². The standard InChI is InChI=1S/C13H24N2O2/c1-11-10-15(7-4-8-17-11)12(16)9-13(14)5-2-3-6-13/h11H,2-10,14H2,1H3. The van der Waals surface area contributed by atoms with Crippen molar-refractivity contribution in [3.05, 3.63) is 0 Å². The highest BCUT2D eigenvalue weighted by molar-refractivity contribution is 5.77. The third-order valence-corrected chi connectivity index (χ3v) is 3.91. The van der Waals surface area contributed by atoms with Crippen molar-refractivity contribution in [3.8, 4) is 0 Å². The van der Waals surface area contributed by atoms with E-state index in [1.54, 1.807) is 0 Å². The van der Waals surface area contributed by atoms with Crippen molar-refractivity contribution < 1.29 is 9.53 Å². The van der Waals surface area contributed by atoms with Crippen molar-refractivity contribution in [2.75, 3.05) is 19.7 Å². The highest BCUT2D eigenvalue weighted by atomic mass is 16.5. The normalized spacial score (nSPS) is 29.1. The first-order valence-corrected chi connectivity index (χ1v) is 6.77. The average Bonchev–Trinajstić information content (AvgIpc) is 2.57. The van der Waals surface area contributed by atoms with Crippen molar-refractivity contribution in [1.29, 1.82) is 0 Å². The fourth-order valence-electron chi connectivity index (χ4n) is 2.89. The topological polar surface area (TPSA) is 55.6 Å². The van der Waals surface area contributed by atoms with Crippen LogP contribution in [-0.4, -0.2) is 42.1 Å². The summed E-state index contributed by atoms with van der Waals surface area (Å²) >= 11 is 0. The number of amides is 1. The van der Waals surface area contributed by atoms with Crippen LogP contribution in [0.3, 0.4) is 0 Å². The Morgan fingerprint density at radius 2 is 2.12 bits per heavy atom. The van der Waals surface area contributed by atoms with E-state index in [0.29, 0.717) is 6.42 Å². The van der Waals surface area contributed by atoms with E-state index in [-0.39, 0.29) is 17.6 Å². The zero-order valence-electron chi connectivity index (χ0n) is 10.8. The summed E-state index contributed by atoms with van der Waals surface area (Å²) in [6, 6.07) is 0. The summed E-state index contributed by atoms with van der Waals surface area (Å²) < 4.78 is 5.55. The molecule has 4 heteroatoms. The fourth-order valence-corrected chi connectivity index (χ4v) is 2.89. The number of nitrogens with zero attached hydrogens (tertiary/aromatic N) is 1. The summed E-state index contributed by atoms with van der Waals surface area (Å²) in [5, 5.41) is 0. The second-order valence-electron chi connectivity index (χ2n) is 5.62. The molecule has 17 heavy (non-hydrogen) atoms. The molecule has 2 rings (SSSR count). The summed E-state index contributed by atoms with van der Waals surface area (Å²) in [4.78, 5) is 14.2. The Balaban J connectivity index is 1.89. The molecule has 1 saturated carbocycles. The minimum Gasteiger partial charge on any atom is -0.377 e. The first-order valence-electron chi connectivity index (χ1n) is 6.77. The summed E-state index contributed by atoms with van der Waals surface area (Å²) in [6.45, 7) is 4.33. The SMILES string of the molecule is CC1CN(C(=O)CC2(N)CCCC2)CCCO1. The van der Waals surface area contributed by atoms with Crippen LogP contribution in [0.25, 0.3) is 0 Å². The number of hydrogen-bond acceptors (Lipinski definition) is 3. The third-order valence-electron chi connectivity index (χ3n) is 3.91. The van der Waals surface area contributed by atoms with Crippen LogP contribution in [0, 0.1) is 0 Å². The number of hydrogen-bond donors (Lipinski definition) is 1. The van der Waals surface area contributed by atoms with Gasteiger partial charge >= 0.3 is 0 Å². The minimum absolute atomic E-state index is 0.152. The predicted molar refractivity (Wildman–Crippen MR) is 66.6 cm³/mol. The zero-order valence-corrected chi connectivity index (χ0v) is 10.8. The molecule has 2 fully saturated rings. The van der Waals surface area contributed by atoms with Gasteiger partial charge in [0, 0.05) is 31.7 Å². The first kappa shape index (κ1) is 12.8. The lowest BCUT2D eigenvalue weighted by Crippen LogP contribution is -2.45. The molecule has 1 atom stereocenters. The van der Waals surface area contributed by atoms with E-state index in [1.807, 2.05) is 11.8 Å². The maximum Gasteiger partial charge on any atom is 0.224 e. The Kier molecular flexibility index (Phi) is 4.05. The number of ether oxygens (including phenoxy) is 1. The minimum atomic E-state index is -0.229. The van der Waals surface area contributed by atoms with Gasteiger partial charge < -0.3 is 15.4 Å². The molecule has 1 aliphatic carbocycles. The van der Waals surface area contributed by atoms with Crippen LogP contribution < -0.4 is 5.73 Å². The Bertz CT molecular complexity index is 275. The van der Waals surface area contributed by atoms with Gasteiger partial charge in [-0.2, -0.15) is 0 Å². The fraction of sp³-hybridized carbons (Fsp3) is 0.923. The molecule has 0 aromatic rings. The maximum atomic E-state index is 12.2. The number of nitrogens with two attached hydrogens (primary N) is 1. The number of carbonyl (C=O) groups is 1. The Morgan fingerprint density at radius 3 is 2.82 bits per heavy atom. The van der Waals surface area contributed by atoms with Gasteiger partial charge in [-0.3, -0.25) is 4.79 Å². The molecule has 1 unspecified atom stereocenters. The van der Waals surface area contributed by atoms with E-state index in [9.17, 15) is 4.79 Å². The Labute approximate surface area is 103 Å². The van der Waals surface area contributed by atoms with Gasteiger partial charge in [-0.1, -0.05) is 12.8 Å². The second-order valence-corrected chi connectivity index (χ2v) is 5.62. The molecule has 0 aromatic carbocycles. The zero-order chi connectivity index (χ0) is 12.3. The first-order chi connectivity index (χ1) is 8.09. The van der Waals surface area contributed by atoms with Crippen molar-refractivity contribution in [2.24, 2.45) is 5.73 Å². The van der Waals surface area contributed by atoms with E-state index in [0.717, 1.165) is 39.0 Å². The van der Waals surface area contributed by atoms with Gasteiger partial charge in [0.2, 0.25) is 5.91 Å². The summed E-state index contributed by atoms with van der Waals surface area (Å²) in [6.07, 6.45) is 5.94. The Hall–Kier alpha value is -0.610. The maximum absolute atomic E-state index is 12.2. The van der Waals surface area contributed by atoms with Gasteiger partial charge in [-0.15, -0.1) is 0 Å². The predicted octanol–water partition coefficient (Wildman–Crippen LogP) is 1.29. The number of rotatable bonds is 2. The monoisotopic (exact) mass is 240 g/mol. The summed E-state index contributed by atoms with van der Waals surface area (Å²) in [5.74, 6) is 0.215. The highest BCUT2D eigenvalue weighted by Crippen LogP contribution is 2.30. The van der Waals surface area contributed by atoms with Crippen molar-refractivity contribution in [3.63, 3.8) is 0 Å². The smallest absolute Gasteiger partial charge is 0.224 e. The van der Waals surface area contributed by atoms with Crippen LogP contribution >= 0.6 is 0 Å². The quantitative estimate of drug-likeness (QED) is 0.791. The molecule has 0 spiro atoms. The van der Waals surface area contributed by atoms with Gasteiger partial charge in [0.1, 0.15) is 0 Å². The molecule has 1 heterocycles. The molecule has 98 valence electrons. The van der Waals surface area contributed by atoms with E-state index >= 15 is 0 Å². The van der Waals surface area contributed by atoms with Gasteiger partial charge in [0.05, 0.1) is 6.10 Å². The third kappa shape index (κ3) is 3.42. The summed E-state index contributed by atoms with van der Waals surface area (Å²) in [7, 11) is 0. The molecular weight excluding hydrogens is 216 g/mol. The van der Waals surface area contributed by atoms with Gasteiger partial charge in [0.25, 0.3) is 0 Å². The molecule has 4 nitrogen and oxygen atoms in total. The largest absolute Gasteiger partial charge is 0.377 e. The van der Waals surface area contributed by atoms with E-state index in [4.69, 9.17) is 10.5 Å². The van der Waals surface area contributed by atoms with Crippen LogP contribution in [0.5, 0.6) is 0 Å². The molecule has 0 radical (unpaired) electrons. The molecule has 1 aliphatic heterocycles. The molecule has 2 aliphatic rings. The highest BCUT2D eigenvalue weighted by Gasteiger charge is 2.33. The molecule has 0 bridgehead atoms. The van der Waals surface area contributed by atoms with Gasteiger partial charge in [-0.25, -0.2) is 0 Å². The van der Waals surface area contributed by atoms with Gasteiger partial charge in [0.15, 0.2) is 0 Å². The van der Waals surface area contributed by atoms with E-state index in [2.05, 4.69) is 0 Å².